The SMILES string of the molecule is O=C(N=c1sccn1Cc1ccccc1Cl)c1cccnc1. The highest BCUT2D eigenvalue weighted by molar-refractivity contribution is 7.07. The van der Waals surface area contributed by atoms with E-state index in [1.165, 1.54) is 17.5 Å². The van der Waals surface area contributed by atoms with Crippen LogP contribution < -0.4 is 4.80 Å². The van der Waals surface area contributed by atoms with Crippen LogP contribution in [-0.2, 0) is 6.54 Å². The summed E-state index contributed by atoms with van der Waals surface area (Å²) < 4.78 is 1.90. The predicted molar refractivity (Wildman–Crippen MR) is 87.0 cm³/mol. The maximum absolute atomic E-state index is 12.1. The van der Waals surface area contributed by atoms with Gasteiger partial charge >= 0.3 is 0 Å². The molecule has 0 saturated carbocycles. The second-order valence-electron chi connectivity index (χ2n) is 4.56. The van der Waals surface area contributed by atoms with Crippen molar-refractivity contribution in [3.8, 4) is 0 Å². The van der Waals surface area contributed by atoms with Crippen LogP contribution in [-0.4, -0.2) is 15.5 Å². The van der Waals surface area contributed by atoms with Crippen LogP contribution in [0.2, 0.25) is 5.02 Å². The number of thiazole rings is 1. The lowest BCUT2D eigenvalue weighted by atomic mass is 10.2. The molecule has 6 heteroatoms. The number of rotatable bonds is 3. The summed E-state index contributed by atoms with van der Waals surface area (Å²) in [5.74, 6) is -0.302. The molecule has 0 saturated heterocycles. The molecule has 0 aliphatic carbocycles. The highest BCUT2D eigenvalue weighted by atomic mass is 35.5. The van der Waals surface area contributed by atoms with E-state index in [2.05, 4.69) is 9.98 Å². The molecule has 0 aliphatic rings. The lowest BCUT2D eigenvalue weighted by molar-refractivity contribution is 0.0997. The predicted octanol–water partition coefficient (Wildman–Crippen LogP) is 3.39. The van der Waals surface area contributed by atoms with Gasteiger partial charge in [0.2, 0.25) is 0 Å². The van der Waals surface area contributed by atoms with Crippen LogP contribution >= 0.6 is 22.9 Å². The Kier molecular flexibility index (Phi) is 4.46. The van der Waals surface area contributed by atoms with Gasteiger partial charge in [-0.1, -0.05) is 29.8 Å². The van der Waals surface area contributed by atoms with Crippen molar-refractivity contribution in [3.63, 3.8) is 0 Å². The number of amides is 1. The van der Waals surface area contributed by atoms with E-state index in [4.69, 9.17) is 11.6 Å². The molecule has 0 fully saturated rings. The van der Waals surface area contributed by atoms with Gasteiger partial charge in [-0.15, -0.1) is 11.3 Å². The van der Waals surface area contributed by atoms with Crippen LogP contribution in [0.3, 0.4) is 0 Å². The van der Waals surface area contributed by atoms with Crippen LogP contribution in [0.5, 0.6) is 0 Å². The molecule has 0 atom stereocenters. The zero-order valence-electron chi connectivity index (χ0n) is 11.5. The minimum atomic E-state index is -0.302. The zero-order valence-corrected chi connectivity index (χ0v) is 13.1. The summed E-state index contributed by atoms with van der Waals surface area (Å²) in [4.78, 5) is 20.9. The van der Waals surface area contributed by atoms with Crippen molar-refractivity contribution in [2.24, 2.45) is 4.99 Å². The molecule has 0 aliphatic heterocycles. The van der Waals surface area contributed by atoms with Crippen molar-refractivity contribution < 1.29 is 4.79 Å². The van der Waals surface area contributed by atoms with Crippen molar-refractivity contribution in [1.29, 1.82) is 0 Å². The minimum absolute atomic E-state index is 0.302. The number of carbonyl (C=O) groups is 1. The normalized spacial score (nSPS) is 11.6. The maximum atomic E-state index is 12.1. The fraction of sp³-hybridized carbons (Fsp3) is 0.0625. The first-order valence-corrected chi connectivity index (χ1v) is 7.86. The van der Waals surface area contributed by atoms with E-state index in [0.717, 1.165) is 5.56 Å². The molecule has 0 radical (unpaired) electrons. The van der Waals surface area contributed by atoms with E-state index >= 15 is 0 Å². The number of halogens is 1. The van der Waals surface area contributed by atoms with Gasteiger partial charge in [-0.3, -0.25) is 9.78 Å². The van der Waals surface area contributed by atoms with Crippen molar-refractivity contribution in [2.45, 2.75) is 6.54 Å². The lowest BCUT2D eigenvalue weighted by Gasteiger charge is -2.05. The molecule has 3 rings (SSSR count). The van der Waals surface area contributed by atoms with Crippen molar-refractivity contribution >= 4 is 28.8 Å². The zero-order chi connectivity index (χ0) is 15.4. The lowest BCUT2D eigenvalue weighted by Crippen LogP contribution is -2.17. The smallest absolute Gasteiger partial charge is 0.281 e. The molecule has 2 aromatic heterocycles. The molecule has 4 nitrogen and oxygen atoms in total. The Balaban J connectivity index is 1.91. The molecule has 0 spiro atoms. The number of pyridine rings is 1. The van der Waals surface area contributed by atoms with Gasteiger partial charge in [0.05, 0.1) is 12.1 Å². The van der Waals surface area contributed by atoms with E-state index in [1.54, 1.807) is 18.3 Å². The van der Waals surface area contributed by atoms with E-state index in [9.17, 15) is 4.79 Å². The van der Waals surface area contributed by atoms with Gasteiger partial charge in [0.15, 0.2) is 4.80 Å². The fourth-order valence-electron chi connectivity index (χ4n) is 1.96. The molecule has 1 amide bonds. The van der Waals surface area contributed by atoms with Crippen molar-refractivity contribution in [1.82, 2.24) is 9.55 Å². The Morgan fingerprint density at radius 2 is 2.14 bits per heavy atom. The second-order valence-corrected chi connectivity index (χ2v) is 5.84. The third kappa shape index (κ3) is 3.32. The molecule has 2 heterocycles. The monoisotopic (exact) mass is 329 g/mol. The van der Waals surface area contributed by atoms with Crippen LogP contribution in [0, 0.1) is 0 Å². The summed E-state index contributed by atoms with van der Waals surface area (Å²) in [5, 5.41) is 2.59. The van der Waals surface area contributed by atoms with Crippen LogP contribution in [0.15, 0.2) is 65.4 Å². The van der Waals surface area contributed by atoms with Gasteiger partial charge in [0.25, 0.3) is 5.91 Å². The van der Waals surface area contributed by atoms with E-state index < -0.39 is 0 Å². The minimum Gasteiger partial charge on any atom is -0.319 e. The van der Waals surface area contributed by atoms with Crippen molar-refractivity contribution in [3.05, 3.63) is 81.3 Å². The highest BCUT2D eigenvalue weighted by Gasteiger charge is 2.06. The first kappa shape index (κ1) is 14.7. The Hall–Kier alpha value is -2.24. The third-order valence-electron chi connectivity index (χ3n) is 3.06. The fourth-order valence-corrected chi connectivity index (χ4v) is 2.88. The first-order valence-electron chi connectivity index (χ1n) is 6.60. The summed E-state index contributed by atoms with van der Waals surface area (Å²) in [6.07, 6.45) is 5.03. The summed E-state index contributed by atoms with van der Waals surface area (Å²) in [6, 6.07) is 11.0. The van der Waals surface area contributed by atoms with Gasteiger partial charge in [0.1, 0.15) is 0 Å². The topological polar surface area (TPSA) is 47.2 Å². The molecule has 0 N–H and O–H groups in total. The number of benzene rings is 1. The molecule has 0 bridgehead atoms. The van der Waals surface area contributed by atoms with Gasteiger partial charge < -0.3 is 4.57 Å². The van der Waals surface area contributed by atoms with E-state index in [1.807, 2.05) is 40.4 Å². The third-order valence-corrected chi connectivity index (χ3v) is 4.23. The summed E-state index contributed by atoms with van der Waals surface area (Å²) in [7, 11) is 0. The molecular weight excluding hydrogens is 318 g/mol. The largest absolute Gasteiger partial charge is 0.319 e. The van der Waals surface area contributed by atoms with Gasteiger partial charge in [-0.2, -0.15) is 4.99 Å². The van der Waals surface area contributed by atoms with Crippen LogP contribution in [0.25, 0.3) is 0 Å². The molecule has 0 unspecified atom stereocenters. The maximum Gasteiger partial charge on any atom is 0.281 e. The molecule has 22 heavy (non-hydrogen) atoms. The van der Waals surface area contributed by atoms with Gasteiger partial charge in [0, 0.05) is 29.0 Å². The Morgan fingerprint density at radius 1 is 1.27 bits per heavy atom. The molecule has 1 aromatic carbocycles. The highest BCUT2D eigenvalue weighted by Crippen LogP contribution is 2.15. The van der Waals surface area contributed by atoms with Crippen molar-refractivity contribution in [2.75, 3.05) is 0 Å². The standard InChI is InChI=1S/C16H12ClN3OS/c17-14-6-2-1-4-13(14)11-20-8-9-22-16(20)19-15(21)12-5-3-7-18-10-12/h1-10H,11H2. The summed E-state index contributed by atoms with van der Waals surface area (Å²) >= 11 is 7.59. The number of carbonyl (C=O) groups excluding carboxylic acids is 1. The van der Waals surface area contributed by atoms with Gasteiger partial charge in [-0.05, 0) is 23.8 Å². The summed E-state index contributed by atoms with van der Waals surface area (Å²) in [6.45, 7) is 0.572. The van der Waals surface area contributed by atoms with Crippen LogP contribution in [0.1, 0.15) is 15.9 Å². The van der Waals surface area contributed by atoms with E-state index in [-0.39, 0.29) is 5.91 Å². The Bertz CT molecular complexity index is 855. The number of aromatic nitrogens is 2. The Morgan fingerprint density at radius 3 is 2.91 bits per heavy atom. The summed E-state index contributed by atoms with van der Waals surface area (Å²) in [5.41, 5.74) is 1.46. The number of nitrogens with zero attached hydrogens (tertiary/aromatic N) is 3. The second kappa shape index (κ2) is 6.68. The number of hydrogen-bond acceptors (Lipinski definition) is 3. The van der Waals surface area contributed by atoms with E-state index in [0.29, 0.717) is 21.9 Å². The molecule has 110 valence electrons. The molecular formula is C16H12ClN3OS. The Labute approximate surface area is 136 Å². The van der Waals surface area contributed by atoms with Crippen LogP contribution in [0.4, 0.5) is 0 Å². The average molecular weight is 330 g/mol. The first-order chi connectivity index (χ1) is 10.7. The quantitative estimate of drug-likeness (QED) is 0.739. The number of hydrogen-bond donors (Lipinski definition) is 0. The van der Waals surface area contributed by atoms with Gasteiger partial charge in [-0.25, -0.2) is 0 Å². The molecule has 3 aromatic rings. The average Bonchev–Trinajstić information content (AvgIpc) is 2.97.